The first kappa shape index (κ1) is 15.3. The van der Waals surface area contributed by atoms with E-state index in [0.717, 1.165) is 13.0 Å². The molecule has 1 atom stereocenters. The predicted molar refractivity (Wildman–Crippen MR) is 88.7 cm³/mol. The third kappa shape index (κ3) is 3.50. The number of rotatable bonds is 5. The van der Waals surface area contributed by atoms with Crippen LogP contribution in [0.5, 0.6) is 0 Å². The molecule has 2 aromatic rings. The van der Waals surface area contributed by atoms with Gasteiger partial charge in [-0.1, -0.05) is 58.4 Å². The Balaban J connectivity index is 2.20. The van der Waals surface area contributed by atoms with Crippen molar-refractivity contribution in [3.63, 3.8) is 0 Å². The molecule has 0 fully saturated rings. The normalized spacial score (nSPS) is 12.4. The molecule has 2 rings (SSSR count). The molecule has 0 amide bonds. The first-order valence-corrected chi connectivity index (χ1v) is 7.83. The molecule has 0 heterocycles. The Morgan fingerprint density at radius 2 is 1.75 bits per heavy atom. The molecule has 2 heteroatoms. The van der Waals surface area contributed by atoms with Crippen LogP contribution in [0.4, 0.5) is 0 Å². The molecular formula is C18H21BrO. The standard InChI is InChI=1S/C18H21BrO/c1-13-5-4-6-17(14(13)2)18(19)16-9-7-15(8-10-16)11-12-20-3/h4-10,18H,11-12H2,1-3H3. The minimum Gasteiger partial charge on any atom is -0.384 e. The average Bonchev–Trinajstić information content (AvgIpc) is 2.48. The molecule has 0 saturated heterocycles. The van der Waals surface area contributed by atoms with Crippen LogP contribution in [0.25, 0.3) is 0 Å². The van der Waals surface area contributed by atoms with E-state index in [2.05, 4.69) is 72.2 Å². The molecule has 106 valence electrons. The molecule has 0 radical (unpaired) electrons. The van der Waals surface area contributed by atoms with Crippen molar-refractivity contribution in [3.8, 4) is 0 Å². The van der Waals surface area contributed by atoms with Gasteiger partial charge in [0, 0.05) is 7.11 Å². The number of ether oxygens (including phenoxy) is 1. The van der Waals surface area contributed by atoms with Crippen LogP contribution < -0.4 is 0 Å². The SMILES string of the molecule is COCCc1ccc(C(Br)c2cccc(C)c2C)cc1. The van der Waals surface area contributed by atoms with Crippen LogP contribution in [0.15, 0.2) is 42.5 Å². The highest BCUT2D eigenvalue weighted by atomic mass is 79.9. The van der Waals surface area contributed by atoms with Crippen LogP contribution in [0.2, 0.25) is 0 Å². The van der Waals surface area contributed by atoms with E-state index in [1.807, 2.05) is 0 Å². The van der Waals surface area contributed by atoms with Gasteiger partial charge in [-0.15, -0.1) is 0 Å². The highest BCUT2D eigenvalue weighted by Crippen LogP contribution is 2.33. The van der Waals surface area contributed by atoms with Crippen molar-refractivity contribution in [1.29, 1.82) is 0 Å². The molecule has 0 aliphatic carbocycles. The minimum absolute atomic E-state index is 0.249. The lowest BCUT2D eigenvalue weighted by Gasteiger charge is -2.15. The van der Waals surface area contributed by atoms with E-state index in [0.29, 0.717) is 0 Å². The summed E-state index contributed by atoms with van der Waals surface area (Å²) in [7, 11) is 1.74. The van der Waals surface area contributed by atoms with Crippen LogP contribution in [0, 0.1) is 13.8 Å². The fourth-order valence-electron chi connectivity index (χ4n) is 2.30. The lowest BCUT2D eigenvalue weighted by atomic mass is 9.96. The van der Waals surface area contributed by atoms with Gasteiger partial charge in [0.05, 0.1) is 11.4 Å². The fourth-order valence-corrected chi connectivity index (χ4v) is 3.10. The number of aryl methyl sites for hydroxylation is 1. The molecule has 0 aliphatic rings. The second-order valence-corrected chi connectivity index (χ2v) is 6.05. The Hall–Kier alpha value is -1.12. The highest BCUT2D eigenvalue weighted by Gasteiger charge is 2.13. The third-order valence-electron chi connectivity index (χ3n) is 3.79. The molecular weight excluding hydrogens is 312 g/mol. The lowest BCUT2D eigenvalue weighted by molar-refractivity contribution is 0.202. The molecule has 0 bridgehead atoms. The van der Waals surface area contributed by atoms with Gasteiger partial charge in [0.25, 0.3) is 0 Å². The topological polar surface area (TPSA) is 9.23 Å². The summed E-state index contributed by atoms with van der Waals surface area (Å²) in [4.78, 5) is 0.249. The van der Waals surface area contributed by atoms with E-state index in [9.17, 15) is 0 Å². The third-order valence-corrected chi connectivity index (χ3v) is 4.81. The molecule has 20 heavy (non-hydrogen) atoms. The zero-order chi connectivity index (χ0) is 14.5. The molecule has 1 nitrogen and oxygen atoms in total. The number of methoxy groups -OCH3 is 1. The van der Waals surface area contributed by atoms with E-state index in [4.69, 9.17) is 4.74 Å². The monoisotopic (exact) mass is 332 g/mol. The summed E-state index contributed by atoms with van der Waals surface area (Å²) in [6, 6.07) is 15.3. The van der Waals surface area contributed by atoms with Gasteiger partial charge in [0.1, 0.15) is 0 Å². The zero-order valence-electron chi connectivity index (χ0n) is 12.3. The van der Waals surface area contributed by atoms with Crippen molar-refractivity contribution in [2.75, 3.05) is 13.7 Å². The van der Waals surface area contributed by atoms with Crippen LogP contribution >= 0.6 is 15.9 Å². The number of hydrogen-bond acceptors (Lipinski definition) is 1. The van der Waals surface area contributed by atoms with Crippen LogP contribution in [-0.2, 0) is 11.2 Å². The van der Waals surface area contributed by atoms with Crippen molar-refractivity contribution in [1.82, 2.24) is 0 Å². The van der Waals surface area contributed by atoms with Crippen molar-refractivity contribution >= 4 is 15.9 Å². The molecule has 0 aromatic heterocycles. The van der Waals surface area contributed by atoms with E-state index in [1.165, 1.54) is 27.8 Å². The van der Waals surface area contributed by atoms with E-state index in [1.54, 1.807) is 7.11 Å². The fraction of sp³-hybridized carbons (Fsp3) is 0.333. The number of halogens is 1. The maximum atomic E-state index is 5.11. The van der Waals surface area contributed by atoms with E-state index in [-0.39, 0.29) is 4.83 Å². The summed E-state index contributed by atoms with van der Waals surface area (Å²) in [6.45, 7) is 5.12. The zero-order valence-corrected chi connectivity index (χ0v) is 13.9. The van der Waals surface area contributed by atoms with Gasteiger partial charge in [0.2, 0.25) is 0 Å². The van der Waals surface area contributed by atoms with Gasteiger partial charge in [-0.25, -0.2) is 0 Å². The second kappa shape index (κ2) is 7.05. The highest BCUT2D eigenvalue weighted by molar-refractivity contribution is 9.09. The van der Waals surface area contributed by atoms with Gasteiger partial charge < -0.3 is 4.74 Å². The first-order chi connectivity index (χ1) is 9.63. The van der Waals surface area contributed by atoms with E-state index >= 15 is 0 Å². The van der Waals surface area contributed by atoms with Gasteiger partial charge in [-0.2, -0.15) is 0 Å². The van der Waals surface area contributed by atoms with Crippen molar-refractivity contribution in [2.24, 2.45) is 0 Å². The number of alkyl halides is 1. The average molecular weight is 333 g/mol. The molecule has 2 aromatic carbocycles. The summed E-state index contributed by atoms with van der Waals surface area (Å²) in [5.41, 5.74) is 6.65. The smallest absolute Gasteiger partial charge is 0.0647 e. The molecule has 0 spiro atoms. The predicted octanol–water partition coefficient (Wildman–Crippen LogP) is 4.98. The van der Waals surface area contributed by atoms with Crippen LogP contribution in [0.3, 0.4) is 0 Å². The summed E-state index contributed by atoms with van der Waals surface area (Å²) in [6.07, 6.45) is 0.965. The molecule has 1 unspecified atom stereocenters. The Kier molecular flexibility index (Phi) is 5.38. The summed E-state index contributed by atoms with van der Waals surface area (Å²) >= 11 is 3.83. The van der Waals surface area contributed by atoms with Crippen molar-refractivity contribution in [3.05, 3.63) is 70.3 Å². The van der Waals surface area contributed by atoms with E-state index < -0.39 is 0 Å². The Morgan fingerprint density at radius 3 is 2.40 bits per heavy atom. The summed E-state index contributed by atoms with van der Waals surface area (Å²) < 4.78 is 5.11. The largest absolute Gasteiger partial charge is 0.384 e. The summed E-state index contributed by atoms with van der Waals surface area (Å²) in [5.74, 6) is 0. The minimum atomic E-state index is 0.249. The van der Waals surface area contributed by atoms with Crippen LogP contribution in [-0.4, -0.2) is 13.7 Å². The van der Waals surface area contributed by atoms with Gasteiger partial charge in [-0.05, 0) is 48.1 Å². The van der Waals surface area contributed by atoms with Crippen molar-refractivity contribution < 1.29 is 4.74 Å². The second-order valence-electron chi connectivity index (χ2n) is 5.14. The number of hydrogen-bond donors (Lipinski definition) is 0. The van der Waals surface area contributed by atoms with Crippen LogP contribution in [0.1, 0.15) is 32.6 Å². The Morgan fingerprint density at radius 1 is 1.05 bits per heavy atom. The maximum Gasteiger partial charge on any atom is 0.0647 e. The van der Waals surface area contributed by atoms with Gasteiger partial charge in [-0.3, -0.25) is 0 Å². The molecule has 0 N–H and O–H groups in total. The quantitative estimate of drug-likeness (QED) is 0.702. The number of benzene rings is 2. The van der Waals surface area contributed by atoms with Crippen molar-refractivity contribution in [2.45, 2.75) is 25.1 Å². The van der Waals surface area contributed by atoms with Gasteiger partial charge >= 0.3 is 0 Å². The van der Waals surface area contributed by atoms with Gasteiger partial charge in [0.15, 0.2) is 0 Å². The Labute approximate surface area is 130 Å². The molecule has 0 saturated carbocycles. The lowest BCUT2D eigenvalue weighted by Crippen LogP contribution is -1.99. The molecule has 0 aliphatic heterocycles. The Bertz CT molecular complexity index is 560. The summed E-state index contributed by atoms with van der Waals surface area (Å²) in [5, 5.41) is 0. The maximum absolute atomic E-state index is 5.11. The first-order valence-electron chi connectivity index (χ1n) is 6.91.